The summed E-state index contributed by atoms with van der Waals surface area (Å²) in [5.41, 5.74) is 3.16. The molecule has 0 bridgehead atoms. The number of likely N-dealkylation sites (N-methyl/N-ethyl adjacent to an activating group) is 1. The lowest BCUT2D eigenvalue weighted by molar-refractivity contribution is 0.0874. The minimum absolute atomic E-state index is 0.496. The van der Waals surface area contributed by atoms with E-state index in [2.05, 4.69) is 22.9 Å². The number of rotatable bonds is 4. The van der Waals surface area contributed by atoms with Gasteiger partial charge in [-0.3, -0.25) is 4.40 Å². The zero-order valence-corrected chi connectivity index (χ0v) is 14.5. The van der Waals surface area contributed by atoms with Gasteiger partial charge in [0.2, 0.25) is 0 Å². The van der Waals surface area contributed by atoms with Crippen LogP contribution in [0.5, 0.6) is 0 Å². The predicted octanol–water partition coefficient (Wildman–Crippen LogP) is 3.26. The van der Waals surface area contributed by atoms with Crippen LogP contribution in [0, 0.1) is 18.3 Å². The molecule has 0 aliphatic heterocycles. The minimum atomic E-state index is -0.819. The number of aryl methyl sites for hydroxylation is 1. The predicted molar refractivity (Wildman–Crippen MR) is 96.3 cm³/mol. The average molecular weight is 322 g/mol. The van der Waals surface area contributed by atoms with E-state index < -0.39 is 5.60 Å². The van der Waals surface area contributed by atoms with Crippen LogP contribution in [-0.4, -0.2) is 33.2 Å². The van der Waals surface area contributed by atoms with Crippen molar-refractivity contribution in [2.75, 3.05) is 18.0 Å². The van der Waals surface area contributed by atoms with Gasteiger partial charge in [-0.25, -0.2) is 4.98 Å². The average Bonchev–Trinajstić information content (AvgIpc) is 2.90. The van der Waals surface area contributed by atoms with E-state index in [0.717, 1.165) is 29.0 Å². The maximum atomic E-state index is 10.3. The number of aromatic nitrogens is 2. The minimum Gasteiger partial charge on any atom is -0.389 e. The Balaban J connectivity index is 2.37. The summed E-state index contributed by atoms with van der Waals surface area (Å²) in [5, 5.41) is 19.8. The van der Waals surface area contributed by atoms with E-state index >= 15 is 0 Å². The normalized spacial score (nSPS) is 11.8. The molecule has 0 fully saturated rings. The summed E-state index contributed by atoms with van der Waals surface area (Å²) in [6.45, 7) is 8.84. The summed E-state index contributed by atoms with van der Waals surface area (Å²) in [5.74, 6) is 0.944. The number of fused-ring (bicyclic) bond motifs is 3. The Labute approximate surface area is 141 Å². The fourth-order valence-electron chi connectivity index (χ4n) is 3.13. The molecule has 0 radical (unpaired) electrons. The SMILES string of the molecule is CCN(CC(C)(C)O)c1cc(C)c(C#N)c2nc3ccccc3n12. The standard InChI is InChI=1S/C19H22N4O/c1-5-22(12-19(3,4)24)17-10-13(2)14(11-20)18-21-15-8-6-7-9-16(15)23(17)18/h6-10,24H,5,12H2,1-4H3. The van der Waals surface area contributed by atoms with Crippen LogP contribution in [0.3, 0.4) is 0 Å². The second-order valence-corrected chi connectivity index (χ2v) is 6.76. The number of aliphatic hydroxyl groups is 1. The Kier molecular flexibility index (Phi) is 3.94. The molecular formula is C19H22N4O. The van der Waals surface area contributed by atoms with Gasteiger partial charge in [-0.15, -0.1) is 0 Å². The highest BCUT2D eigenvalue weighted by molar-refractivity contribution is 5.85. The largest absolute Gasteiger partial charge is 0.389 e. The second kappa shape index (κ2) is 5.81. The van der Waals surface area contributed by atoms with Gasteiger partial charge in [0.1, 0.15) is 11.9 Å². The van der Waals surface area contributed by atoms with Crippen LogP contribution >= 0.6 is 0 Å². The molecule has 0 saturated carbocycles. The smallest absolute Gasteiger partial charge is 0.157 e. The number of nitrogens with zero attached hydrogens (tertiary/aromatic N) is 4. The number of pyridine rings is 1. The molecule has 1 aromatic carbocycles. The molecule has 0 atom stereocenters. The fourth-order valence-corrected chi connectivity index (χ4v) is 3.13. The zero-order chi connectivity index (χ0) is 17.5. The van der Waals surface area contributed by atoms with E-state index in [4.69, 9.17) is 0 Å². The Morgan fingerprint density at radius 1 is 1.33 bits per heavy atom. The van der Waals surface area contributed by atoms with Crippen molar-refractivity contribution >= 4 is 22.5 Å². The third kappa shape index (κ3) is 2.70. The Morgan fingerprint density at radius 3 is 2.67 bits per heavy atom. The van der Waals surface area contributed by atoms with E-state index in [1.165, 1.54) is 0 Å². The van der Waals surface area contributed by atoms with Crippen molar-refractivity contribution in [3.63, 3.8) is 0 Å². The summed E-state index contributed by atoms with van der Waals surface area (Å²) >= 11 is 0. The van der Waals surface area contributed by atoms with Gasteiger partial charge >= 0.3 is 0 Å². The van der Waals surface area contributed by atoms with E-state index in [1.807, 2.05) is 41.7 Å². The Hall–Kier alpha value is -2.58. The Morgan fingerprint density at radius 2 is 2.04 bits per heavy atom. The first-order valence-electron chi connectivity index (χ1n) is 8.14. The highest BCUT2D eigenvalue weighted by atomic mass is 16.3. The third-order valence-electron chi connectivity index (χ3n) is 4.15. The number of hydrogen-bond donors (Lipinski definition) is 1. The number of hydrogen-bond acceptors (Lipinski definition) is 4. The number of nitriles is 1. The molecule has 1 N–H and O–H groups in total. The zero-order valence-electron chi connectivity index (χ0n) is 14.5. The molecule has 2 aromatic heterocycles. The molecule has 3 aromatic rings. The summed E-state index contributed by atoms with van der Waals surface area (Å²) in [6, 6.07) is 12.2. The van der Waals surface area contributed by atoms with Crippen LogP contribution in [-0.2, 0) is 0 Å². The third-order valence-corrected chi connectivity index (χ3v) is 4.15. The van der Waals surface area contributed by atoms with Gasteiger partial charge in [-0.2, -0.15) is 5.26 Å². The second-order valence-electron chi connectivity index (χ2n) is 6.76. The quantitative estimate of drug-likeness (QED) is 0.801. The molecule has 2 heterocycles. The monoisotopic (exact) mass is 322 g/mol. The molecule has 0 spiro atoms. The molecule has 0 aliphatic rings. The van der Waals surface area contributed by atoms with Crippen LogP contribution in [0.25, 0.3) is 16.7 Å². The van der Waals surface area contributed by atoms with Crippen molar-refractivity contribution in [3.8, 4) is 6.07 Å². The van der Waals surface area contributed by atoms with Crippen LogP contribution in [0.1, 0.15) is 31.9 Å². The van der Waals surface area contributed by atoms with Gasteiger partial charge in [0.15, 0.2) is 5.65 Å². The topological polar surface area (TPSA) is 64.6 Å². The van der Waals surface area contributed by atoms with Gasteiger partial charge in [0, 0.05) is 13.1 Å². The van der Waals surface area contributed by atoms with Gasteiger partial charge < -0.3 is 10.0 Å². The van der Waals surface area contributed by atoms with Gasteiger partial charge in [0.25, 0.3) is 0 Å². The number of imidazole rings is 1. The molecule has 0 amide bonds. The van der Waals surface area contributed by atoms with Gasteiger partial charge in [-0.05, 0) is 51.5 Å². The highest BCUT2D eigenvalue weighted by Gasteiger charge is 2.22. The maximum absolute atomic E-state index is 10.3. The van der Waals surface area contributed by atoms with E-state index in [9.17, 15) is 10.4 Å². The van der Waals surface area contributed by atoms with Gasteiger partial charge in [0.05, 0.1) is 22.2 Å². The van der Waals surface area contributed by atoms with Gasteiger partial charge in [-0.1, -0.05) is 12.1 Å². The van der Waals surface area contributed by atoms with E-state index in [1.54, 1.807) is 13.8 Å². The molecule has 124 valence electrons. The summed E-state index contributed by atoms with van der Waals surface area (Å²) in [4.78, 5) is 6.79. The molecule has 24 heavy (non-hydrogen) atoms. The van der Waals surface area contributed by atoms with Crippen molar-refractivity contribution < 1.29 is 5.11 Å². The van der Waals surface area contributed by atoms with E-state index in [-0.39, 0.29) is 0 Å². The fraction of sp³-hybridized carbons (Fsp3) is 0.368. The molecule has 5 heteroatoms. The molecule has 0 unspecified atom stereocenters. The van der Waals surface area contributed by atoms with E-state index in [0.29, 0.717) is 17.8 Å². The summed E-state index contributed by atoms with van der Waals surface area (Å²) < 4.78 is 2.02. The lowest BCUT2D eigenvalue weighted by atomic mass is 10.1. The maximum Gasteiger partial charge on any atom is 0.157 e. The molecule has 3 rings (SSSR count). The lowest BCUT2D eigenvalue weighted by Gasteiger charge is -2.31. The lowest BCUT2D eigenvalue weighted by Crippen LogP contribution is -2.39. The van der Waals surface area contributed by atoms with Crippen molar-refractivity contribution in [3.05, 3.63) is 41.5 Å². The summed E-state index contributed by atoms with van der Waals surface area (Å²) in [7, 11) is 0. The first-order chi connectivity index (χ1) is 11.4. The first kappa shape index (κ1) is 16.3. The molecule has 0 saturated heterocycles. The highest BCUT2D eigenvalue weighted by Crippen LogP contribution is 2.29. The molecule has 0 aliphatic carbocycles. The number of anilines is 1. The summed E-state index contributed by atoms with van der Waals surface area (Å²) in [6.07, 6.45) is 0. The molecule has 5 nitrogen and oxygen atoms in total. The molecular weight excluding hydrogens is 300 g/mol. The van der Waals surface area contributed by atoms with Crippen molar-refractivity contribution in [2.24, 2.45) is 0 Å². The van der Waals surface area contributed by atoms with Crippen LogP contribution in [0.15, 0.2) is 30.3 Å². The van der Waals surface area contributed by atoms with Crippen LogP contribution in [0.2, 0.25) is 0 Å². The van der Waals surface area contributed by atoms with Crippen molar-refractivity contribution in [2.45, 2.75) is 33.3 Å². The number of para-hydroxylation sites is 2. The van der Waals surface area contributed by atoms with Crippen molar-refractivity contribution in [1.82, 2.24) is 9.38 Å². The number of benzene rings is 1. The Bertz CT molecular complexity index is 944. The van der Waals surface area contributed by atoms with Crippen LogP contribution < -0.4 is 4.90 Å². The van der Waals surface area contributed by atoms with Crippen molar-refractivity contribution in [1.29, 1.82) is 5.26 Å². The van der Waals surface area contributed by atoms with Crippen LogP contribution in [0.4, 0.5) is 5.82 Å². The first-order valence-corrected chi connectivity index (χ1v) is 8.14.